The number of rotatable bonds is 1. The Morgan fingerprint density at radius 2 is 1.67 bits per heavy atom. The van der Waals surface area contributed by atoms with Crippen molar-refractivity contribution in [3.05, 3.63) is 0 Å². The van der Waals surface area contributed by atoms with Crippen molar-refractivity contribution < 1.29 is 30.3 Å². The highest BCUT2D eigenvalue weighted by Crippen LogP contribution is 2.17. The van der Waals surface area contributed by atoms with Gasteiger partial charge < -0.3 is 30.3 Å². The smallest absolute Gasteiger partial charge is 0.111 e. The molecule has 1 aliphatic rings. The SMILES string of the molecule is [O-]C1OC(CO)C(O)C(O)C1O. The molecule has 0 aliphatic carbocycles. The third-order valence-corrected chi connectivity index (χ3v) is 1.85. The Labute approximate surface area is 68.6 Å². The minimum absolute atomic E-state index is 0.566. The Kier molecular flexibility index (Phi) is 2.99. The number of hydrogen-bond acceptors (Lipinski definition) is 6. The number of hydrogen-bond donors (Lipinski definition) is 4. The molecule has 5 unspecified atom stereocenters. The molecule has 0 aromatic rings. The predicted molar refractivity (Wildman–Crippen MR) is 33.8 cm³/mol. The van der Waals surface area contributed by atoms with Crippen LogP contribution in [-0.2, 0) is 4.74 Å². The summed E-state index contributed by atoms with van der Waals surface area (Å²) in [7, 11) is 0. The molecule has 0 aromatic carbocycles. The molecule has 6 nitrogen and oxygen atoms in total. The fraction of sp³-hybridized carbons (Fsp3) is 1.00. The number of aliphatic hydroxyl groups excluding tert-OH is 4. The van der Waals surface area contributed by atoms with Crippen LogP contribution in [0.2, 0.25) is 0 Å². The average molecular weight is 179 g/mol. The Morgan fingerprint density at radius 1 is 1.08 bits per heavy atom. The molecule has 0 aromatic heterocycles. The predicted octanol–water partition coefficient (Wildman–Crippen LogP) is -3.85. The van der Waals surface area contributed by atoms with Crippen LogP contribution in [0.5, 0.6) is 0 Å². The van der Waals surface area contributed by atoms with Crippen LogP contribution in [-0.4, -0.2) is 57.7 Å². The number of aliphatic hydroxyl groups is 4. The van der Waals surface area contributed by atoms with Crippen LogP contribution in [0.1, 0.15) is 0 Å². The lowest BCUT2D eigenvalue weighted by Crippen LogP contribution is -2.62. The van der Waals surface area contributed by atoms with Gasteiger partial charge >= 0.3 is 0 Å². The van der Waals surface area contributed by atoms with Crippen LogP contribution in [0, 0.1) is 0 Å². The van der Waals surface area contributed by atoms with Crippen LogP contribution >= 0.6 is 0 Å². The Morgan fingerprint density at radius 3 is 2.17 bits per heavy atom. The molecule has 1 rings (SSSR count). The van der Waals surface area contributed by atoms with Crippen molar-refractivity contribution in [1.82, 2.24) is 0 Å². The monoisotopic (exact) mass is 179 g/mol. The zero-order valence-corrected chi connectivity index (χ0v) is 6.20. The van der Waals surface area contributed by atoms with Gasteiger partial charge in [0.1, 0.15) is 18.3 Å². The van der Waals surface area contributed by atoms with Crippen molar-refractivity contribution in [2.75, 3.05) is 6.61 Å². The van der Waals surface area contributed by atoms with Crippen LogP contribution in [0.15, 0.2) is 0 Å². The first-order chi connectivity index (χ1) is 5.57. The zero-order chi connectivity index (χ0) is 9.30. The minimum Gasteiger partial charge on any atom is -0.829 e. The van der Waals surface area contributed by atoms with Crippen molar-refractivity contribution in [2.45, 2.75) is 30.7 Å². The van der Waals surface area contributed by atoms with Crippen molar-refractivity contribution in [3.8, 4) is 0 Å². The standard InChI is InChI=1S/C6H11O6/c7-1-2-3(8)4(9)5(10)6(11)12-2/h2-10H,1H2/q-1. The Balaban J connectivity index is 2.63. The molecule has 4 N–H and O–H groups in total. The topological polar surface area (TPSA) is 113 Å². The third-order valence-electron chi connectivity index (χ3n) is 1.85. The van der Waals surface area contributed by atoms with E-state index in [1.54, 1.807) is 0 Å². The van der Waals surface area contributed by atoms with Gasteiger partial charge in [0, 0.05) is 6.29 Å². The molecule has 0 amide bonds. The van der Waals surface area contributed by atoms with E-state index in [1.807, 2.05) is 0 Å². The fourth-order valence-corrected chi connectivity index (χ4v) is 1.07. The van der Waals surface area contributed by atoms with Crippen LogP contribution in [0.25, 0.3) is 0 Å². The van der Waals surface area contributed by atoms with Gasteiger partial charge in [-0.1, -0.05) is 0 Å². The molecule has 1 fully saturated rings. The van der Waals surface area contributed by atoms with Crippen molar-refractivity contribution in [3.63, 3.8) is 0 Å². The van der Waals surface area contributed by atoms with E-state index in [-0.39, 0.29) is 0 Å². The summed E-state index contributed by atoms with van der Waals surface area (Å²) in [5, 5.41) is 46.3. The largest absolute Gasteiger partial charge is 0.829 e. The van der Waals surface area contributed by atoms with Gasteiger partial charge in [-0.3, -0.25) is 0 Å². The second kappa shape index (κ2) is 3.65. The van der Waals surface area contributed by atoms with Crippen molar-refractivity contribution >= 4 is 0 Å². The average Bonchev–Trinajstić information content (AvgIpc) is 2.08. The molecule has 0 bridgehead atoms. The van der Waals surface area contributed by atoms with Crippen molar-refractivity contribution in [2.24, 2.45) is 0 Å². The van der Waals surface area contributed by atoms with E-state index in [9.17, 15) is 5.11 Å². The van der Waals surface area contributed by atoms with Gasteiger partial charge in [0.2, 0.25) is 0 Å². The molecule has 1 aliphatic heterocycles. The lowest BCUT2D eigenvalue weighted by Gasteiger charge is -2.43. The van der Waals surface area contributed by atoms with Gasteiger partial charge in [0.05, 0.1) is 12.7 Å². The molecule has 1 saturated heterocycles. The molecule has 72 valence electrons. The Hall–Kier alpha value is -0.240. The lowest BCUT2D eigenvalue weighted by atomic mass is 10.00. The first-order valence-electron chi connectivity index (χ1n) is 3.54. The fourth-order valence-electron chi connectivity index (χ4n) is 1.07. The molecule has 0 radical (unpaired) electrons. The summed E-state index contributed by atoms with van der Waals surface area (Å²) in [6, 6.07) is 0. The molecular weight excluding hydrogens is 168 g/mol. The maximum Gasteiger partial charge on any atom is 0.111 e. The third kappa shape index (κ3) is 1.58. The second-order valence-corrected chi connectivity index (χ2v) is 2.70. The molecule has 0 spiro atoms. The summed E-state index contributed by atoms with van der Waals surface area (Å²) >= 11 is 0. The highest BCUT2D eigenvalue weighted by molar-refractivity contribution is 4.87. The maximum atomic E-state index is 10.7. The second-order valence-electron chi connectivity index (χ2n) is 2.70. The summed E-state index contributed by atoms with van der Waals surface area (Å²) in [6.07, 6.45) is -7.57. The molecule has 5 atom stereocenters. The summed E-state index contributed by atoms with van der Waals surface area (Å²) in [5.41, 5.74) is 0. The van der Waals surface area contributed by atoms with Gasteiger partial charge in [-0.05, 0) is 0 Å². The molecule has 12 heavy (non-hydrogen) atoms. The van der Waals surface area contributed by atoms with Crippen LogP contribution in [0.4, 0.5) is 0 Å². The Bertz CT molecular complexity index is 146. The summed E-state index contributed by atoms with van der Waals surface area (Å²) < 4.78 is 4.46. The van der Waals surface area contributed by atoms with E-state index in [1.165, 1.54) is 0 Å². The zero-order valence-electron chi connectivity index (χ0n) is 6.20. The lowest BCUT2D eigenvalue weighted by molar-refractivity contribution is -0.532. The van der Waals surface area contributed by atoms with Crippen molar-refractivity contribution in [1.29, 1.82) is 0 Å². The van der Waals surface area contributed by atoms with Gasteiger partial charge in [0.15, 0.2) is 0 Å². The molecule has 0 saturated carbocycles. The van der Waals surface area contributed by atoms with E-state index in [4.69, 9.17) is 20.4 Å². The maximum absolute atomic E-state index is 10.7. The quantitative estimate of drug-likeness (QED) is 0.328. The van der Waals surface area contributed by atoms with Crippen LogP contribution < -0.4 is 5.11 Å². The van der Waals surface area contributed by atoms with E-state index >= 15 is 0 Å². The van der Waals surface area contributed by atoms with E-state index < -0.39 is 37.3 Å². The normalized spacial score (nSPS) is 49.2. The summed E-state index contributed by atoms with van der Waals surface area (Å²) in [4.78, 5) is 0. The van der Waals surface area contributed by atoms with Gasteiger partial charge in [0.25, 0.3) is 0 Å². The molecule has 1 heterocycles. The summed E-state index contributed by atoms with van der Waals surface area (Å²) in [5.74, 6) is 0. The van der Waals surface area contributed by atoms with Gasteiger partial charge in [-0.25, -0.2) is 0 Å². The first kappa shape index (κ1) is 9.85. The van der Waals surface area contributed by atoms with Crippen LogP contribution in [0.3, 0.4) is 0 Å². The highest BCUT2D eigenvalue weighted by atomic mass is 16.6. The van der Waals surface area contributed by atoms with E-state index in [0.717, 1.165) is 0 Å². The van der Waals surface area contributed by atoms with E-state index in [2.05, 4.69) is 4.74 Å². The van der Waals surface area contributed by atoms with Gasteiger partial charge in [-0.2, -0.15) is 0 Å². The molecule has 6 heteroatoms. The van der Waals surface area contributed by atoms with Gasteiger partial charge in [-0.15, -0.1) is 0 Å². The minimum atomic E-state index is -1.82. The first-order valence-corrected chi connectivity index (χ1v) is 3.54. The highest BCUT2D eigenvalue weighted by Gasteiger charge is 2.38. The van der Waals surface area contributed by atoms with E-state index in [0.29, 0.717) is 0 Å². The summed E-state index contributed by atoms with van der Waals surface area (Å²) in [6.45, 7) is -0.566. The number of ether oxygens (including phenoxy) is 1. The molecular formula is C6H11O6-.